The molecule has 6 rings (SSSR count). The van der Waals surface area contributed by atoms with Gasteiger partial charge in [0.05, 0.1) is 6.42 Å². The normalized spacial score (nSPS) is 32.5. The van der Waals surface area contributed by atoms with E-state index in [0.717, 1.165) is 42.6 Å². The first kappa shape index (κ1) is 18.8. The molecule has 0 unspecified atom stereocenters. The minimum atomic E-state index is -0.785. The molecule has 1 atom stereocenters. The lowest BCUT2D eigenvalue weighted by atomic mass is 9.53. The van der Waals surface area contributed by atoms with Crippen molar-refractivity contribution >= 4 is 11.9 Å². The van der Waals surface area contributed by atoms with Crippen molar-refractivity contribution in [1.82, 2.24) is 5.32 Å². The monoisotopic (exact) mass is 399 g/mol. The SMILES string of the molecule is C[C@H](OC(=O)Cc1ccc2c(c1)OCCO2)C(=O)NC12CC3CC(CC(C3)C1)C2. The van der Waals surface area contributed by atoms with Crippen LogP contribution in [0.2, 0.25) is 0 Å². The lowest BCUT2D eigenvalue weighted by Crippen LogP contribution is -2.61. The van der Waals surface area contributed by atoms with Gasteiger partial charge in [-0.1, -0.05) is 6.07 Å². The second-order valence-electron chi connectivity index (χ2n) is 9.47. The number of amides is 1. The highest BCUT2D eigenvalue weighted by Crippen LogP contribution is 2.55. The Morgan fingerprint density at radius 1 is 1.07 bits per heavy atom. The summed E-state index contributed by atoms with van der Waals surface area (Å²) in [5.41, 5.74) is 0.718. The number of hydrogen-bond donors (Lipinski definition) is 1. The maximum absolute atomic E-state index is 12.8. The molecule has 1 aromatic carbocycles. The highest BCUT2D eigenvalue weighted by Gasteiger charge is 2.51. The maximum atomic E-state index is 12.8. The van der Waals surface area contributed by atoms with Gasteiger partial charge in [-0.15, -0.1) is 0 Å². The summed E-state index contributed by atoms with van der Waals surface area (Å²) in [6.45, 7) is 2.70. The summed E-state index contributed by atoms with van der Waals surface area (Å²) in [6.07, 6.45) is 6.56. The van der Waals surface area contributed by atoms with Crippen molar-refractivity contribution in [2.24, 2.45) is 17.8 Å². The summed E-state index contributed by atoms with van der Waals surface area (Å²) < 4.78 is 16.5. The van der Waals surface area contributed by atoms with Gasteiger partial charge in [0, 0.05) is 5.54 Å². The molecule has 0 radical (unpaired) electrons. The fraction of sp³-hybridized carbons (Fsp3) is 0.652. The molecule has 0 saturated heterocycles. The highest BCUT2D eigenvalue weighted by atomic mass is 16.6. The van der Waals surface area contributed by atoms with E-state index < -0.39 is 12.1 Å². The zero-order chi connectivity index (χ0) is 20.0. The average Bonchev–Trinajstić information content (AvgIpc) is 2.66. The molecule has 1 heterocycles. The number of esters is 1. The fourth-order valence-electron chi connectivity index (χ4n) is 6.28. The van der Waals surface area contributed by atoms with E-state index in [1.165, 1.54) is 19.3 Å². The minimum absolute atomic E-state index is 0.0671. The standard InChI is InChI=1S/C23H29NO5/c1-14(22(26)24-23-11-16-6-17(12-23)8-18(7-16)13-23)29-21(25)10-15-2-3-19-20(9-15)28-5-4-27-19/h2-3,9,14,16-18H,4-8,10-13H2,1H3,(H,24,26)/t14-,16?,17?,18?,23?/m0/s1. The molecule has 1 aliphatic heterocycles. The maximum Gasteiger partial charge on any atom is 0.311 e. The number of benzene rings is 1. The van der Waals surface area contributed by atoms with Crippen molar-refractivity contribution in [3.63, 3.8) is 0 Å². The zero-order valence-corrected chi connectivity index (χ0v) is 16.9. The molecular formula is C23H29NO5. The summed E-state index contributed by atoms with van der Waals surface area (Å²) in [7, 11) is 0. The van der Waals surface area contributed by atoms with Crippen LogP contribution in [0.4, 0.5) is 0 Å². The molecule has 0 aromatic heterocycles. The lowest BCUT2D eigenvalue weighted by molar-refractivity contribution is -0.156. The Morgan fingerprint density at radius 2 is 1.69 bits per heavy atom. The number of carbonyl (C=O) groups is 2. The third kappa shape index (κ3) is 3.81. The van der Waals surface area contributed by atoms with E-state index >= 15 is 0 Å². The van der Waals surface area contributed by atoms with Gasteiger partial charge in [0.2, 0.25) is 0 Å². The van der Waals surface area contributed by atoms with Crippen molar-refractivity contribution < 1.29 is 23.8 Å². The first-order valence-corrected chi connectivity index (χ1v) is 10.9. The molecule has 4 bridgehead atoms. The Balaban J connectivity index is 1.16. The Morgan fingerprint density at radius 3 is 2.34 bits per heavy atom. The largest absolute Gasteiger partial charge is 0.486 e. The van der Waals surface area contributed by atoms with Crippen LogP contribution >= 0.6 is 0 Å². The van der Waals surface area contributed by atoms with Crippen molar-refractivity contribution in [1.29, 1.82) is 0 Å². The number of carbonyl (C=O) groups excluding carboxylic acids is 2. The van der Waals surface area contributed by atoms with E-state index in [1.54, 1.807) is 19.1 Å². The average molecular weight is 399 g/mol. The van der Waals surface area contributed by atoms with Crippen LogP contribution in [0.25, 0.3) is 0 Å². The van der Waals surface area contributed by atoms with Gasteiger partial charge in [-0.3, -0.25) is 9.59 Å². The summed E-state index contributed by atoms with van der Waals surface area (Å²) in [5, 5.41) is 3.28. The molecule has 5 aliphatic rings. The van der Waals surface area contributed by atoms with Crippen molar-refractivity contribution in [2.75, 3.05) is 13.2 Å². The lowest BCUT2D eigenvalue weighted by Gasteiger charge is -2.57. The molecule has 29 heavy (non-hydrogen) atoms. The van der Waals surface area contributed by atoms with Crippen LogP contribution in [0.5, 0.6) is 11.5 Å². The molecule has 0 spiro atoms. The van der Waals surface area contributed by atoms with Gasteiger partial charge in [0.1, 0.15) is 13.2 Å². The topological polar surface area (TPSA) is 73.9 Å². The van der Waals surface area contributed by atoms with E-state index in [9.17, 15) is 9.59 Å². The van der Waals surface area contributed by atoms with Crippen LogP contribution in [0.15, 0.2) is 18.2 Å². The summed E-state index contributed by atoms with van der Waals surface area (Å²) in [4.78, 5) is 25.2. The molecule has 4 saturated carbocycles. The van der Waals surface area contributed by atoms with E-state index in [0.29, 0.717) is 24.7 Å². The van der Waals surface area contributed by atoms with Gasteiger partial charge in [0.15, 0.2) is 17.6 Å². The van der Waals surface area contributed by atoms with Gasteiger partial charge < -0.3 is 19.5 Å². The first-order chi connectivity index (χ1) is 14.0. The van der Waals surface area contributed by atoms with E-state index in [1.807, 2.05) is 6.07 Å². The third-order valence-electron chi connectivity index (χ3n) is 7.06. The van der Waals surface area contributed by atoms with Gasteiger partial charge in [-0.05, 0) is 80.9 Å². The number of fused-ring (bicyclic) bond motifs is 1. The number of ether oxygens (including phenoxy) is 3. The van der Waals surface area contributed by atoms with Gasteiger partial charge in [-0.2, -0.15) is 0 Å². The Labute approximate surface area is 171 Å². The summed E-state index contributed by atoms with van der Waals surface area (Å²) >= 11 is 0. The van der Waals surface area contributed by atoms with Crippen LogP contribution in [0.1, 0.15) is 51.0 Å². The van der Waals surface area contributed by atoms with E-state index in [-0.39, 0.29) is 17.9 Å². The van der Waals surface area contributed by atoms with Crippen molar-refractivity contribution in [3.05, 3.63) is 23.8 Å². The van der Waals surface area contributed by atoms with Crippen LogP contribution in [-0.4, -0.2) is 36.7 Å². The fourth-order valence-corrected chi connectivity index (χ4v) is 6.28. The zero-order valence-electron chi connectivity index (χ0n) is 16.9. The summed E-state index contributed by atoms with van der Waals surface area (Å²) in [5.74, 6) is 3.04. The Hall–Kier alpha value is -2.24. The molecular weight excluding hydrogens is 370 g/mol. The number of hydrogen-bond acceptors (Lipinski definition) is 5. The van der Waals surface area contributed by atoms with Gasteiger partial charge in [-0.25, -0.2) is 0 Å². The highest BCUT2D eigenvalue weighted by molar-refractivity contribution is 5.84. The predicted octanol–water partition coefficient (Wildman–Crippen LogP) is 3.02. The third-order valence-corrected chi connectivity index (χ3v) is 7.06. The van der Waals surface area contributed by atoms with Crippen LogP contribution in [-0.2, 0) is 20.7 Å². The molecule has 1 aromatic rings. The van der Waals surface area contributed by atoms with E-state index in [4.69, 9.17) is 14.2 Å². The first-order valence-electron chi connectivity index (χ1n) is 10.9. The summed E-state index contributed by atoms with van der Waals surface area (Å²) in [6, 6.07) is 5.44. The second-order valence-corrected chi connectivity index (χ2v) is 9.47. The number of nitrogens with one attached hydrogen (secondary N) is 1. The Bertz CT molecular complexity index is 784. The molecule has 4 fully saturated rings. The van der Waals surface area contributed by atoms with Crippen molar-refractivity contribution in [2.45, 2.75) is 63.5 Å². The smallest absolute Gasteiger partial charge is 0.311 e. The predicted molar refractivity (Wildman–Crippen MR) is 106 cm³/mol. The molecule has 6 nitrogen and oxygen atoms in total. The second kappa shape index (κ2) is 7.22. The quantitative estimate of drug-likeness (QED) is 0.771. The van der Waals surface area contributed by atoms with E-state index in [2.05, 4.69) is 5.32 Å². The van der Waals surface area contributed by atoms with Gasteiger partial charge >= 0.3 is 5.97 Å². The van der Waals surface area contributed by atoms with Crippen LogP contribution in [0, 0.1) is 17.8 Å². The van der Waals surface area contributed by atoms with Crippen LogP contribution < -0.4 is 14.8 Å². The van der Waals surface area contributed by atoms with Gasteiger partial charge in [0.25, 0.3) is 5.91 Å². The molecule has 156 valence electrons. The minimum Gasteiger partial charge on any atom is -0.486 e. The molecule has 6 heteroatoms. The Kier molecular flexibility index (Phi) is 4.67. The molecule has 1 amide bonds. The molecule has 1 N–H and O–H groups in total. The molecule has 4 aliphatic carbocycles. The number of rotatable bonds is 5. The van der Waals surface area contributed by atoms with Crippen molar-refractivity contribution in [3.8, 4) is 11.5 Å². The van der Waals surface area contributed by atoms with Crippen LogP contribution in [0.3, 0.4) is 0 Å².